The number of nitrogens with zero attached hydrogens (tertiary/aromatic N) is 2. The summed E-state index contributed by atoms with van der Waals surface area (Å²) in [6, 6.07) is 0.675. The van der Waals surface area contributed by atoms with E-state index in [0.717, 1.165) is 0 Å². The van der Waals surface area contributed by atoms with Crippen LogP contribution in [0, 0.1) is 0 Å². The Morgan fingerprint density at radius 3 is 1.95 bits per heavy atom. The van der Waals surface area contributed by atoms with Crippen LogP contribution in [-0.4, -0.2) is 4.98 Å². The third-order valence-corrected chi connectivity index (χ3v) is 4.10. The number of hydrogen-bond donors (Lipinski definition) is 0. The Balaban J connectivity index is 2.24. The molecule has 1 aromatic heterocycles. The second kappa shape index (κ2) is 11.9. The van der Waals surface area contributed by atoms with Crippen LogP contribution >= 0.6 is 0 Å². The highest BCUT2D eigenvalue weighted by Crippen LogP contribution is 2.17. The Labute approximate surface area is 125 Å². The molecule has 1 aromatic rings. The van der Waals surface area contributed by atoms with Crippen molar-refractivity contribution >= 4 is 0 Å². The number of aromatic nitrogens is 2. The summed E-state index contributed by atoms with van der Waals surface area (Å²) >= 11 is 0. The van der Waals surface area contributed by atoms with Gasteiger partial charge in [0.1, 0.15) is 0 Å². The van der Waals surface area contributed by atoms with Crippen LogP contribution in [-0.2, 0) is 0 Å². The number of hydrogen-bond acceptors (Lipinski definition) is 1. The highest BCUT2D eigenvalue weighted by Gasteiger charge is 2.16. The molecule has 0 aliphatic heterocycles. The predicted molar refractivity (Wildman–Crippen MR) is 85.6 cm³/mol. The van der Waals surface area contributed by atoms with Crippen molar-refractivity contribution in [1.82, 2.24) is 4.98 Å². The Kier molecular flexibility index (Phi) is 10.2. The largest absolute Gasteiger partial charge is 0.252 e. The van der Waals surface area contributed by atoms with Gasteiger partial charge in [-0.2, -0.15) is 4.57 Å². The van der Waals surface area contributed by atoms with Crippen LogP contribution in [0.15, 0.2) is 24.8 Å². The van der Waals surface area contributed by atoms with Crippen LogP contribution in [0.4, 0.5) is 0 Å². The van der Waals surface area contributed by atoms with Gasteiger partial charge < -0.3 is 0 Å². The average molecular weight is 277 g/mol. The molecule has 1 unspecified atom stereocenters. The fourth-order valence-corrected chi connectivity index (χ4v) is 2.79. The molecule has 2 heteroatoms. The summed E-state index contributed by atoms with van der Waals surface area (Å²) in [6.45, 7) is 4.56. The zero-order valence-electron chi connectivity index (χ0n) is 13.6. The zero-order valence-corrected chi connectivity index (χ0v) is 13.6. The molecule has 0 amide bonds. The third kappa shape index (κ3) is 7.62. The van der Waals surface area contributed by atoms with E-state index in [0.29, 0.717) is 6.04 Å². The smallest absolute Gasteiger partial charge is 0.187 e. The second-order valence-corrected chi connectivity index (χ2v) is 5.90. The van der Waals surface area contributed by atoms with E-state index < -0.39 is 0 Å². The number of unbranched alkanes of at least 4 members (excludes halogenated alkanes) is 7. The molecule has 0 aliphatic rings. The minimum Gasteiger partial charge on any atom is -0.252 e. The minimum absolute atomic E-state index is 0.675. The first kappa shape index (κ1) is 17.1. The molecule has 0 aromatic carbocycles. The zero-order chi connectivity index (χ0) is 14.5. The molecule has 114 valence electrons. The van der Waals surface area contributed by atoms with E-state index in [2.05, 4.69) is 35.8 Å². The molecule has 0 radical (unpaired) electrons. The summed E-state index contributed by atoms with van der Waals surface area (Å²) in [6.07, 6.45) is 23.1. The first-order chi connectivity index (χ1) is 9.88. The summed E-state index contributed by atoms with van der Waals surface area (Å²) in [5.74, 6) is 0. The third-order valence-electron chi connectivity index (χ3n) is 4.10. The van der Waals surface area contributed by atoms with E-state index in [9.17, 15) is 0 Å². The highest BCUT2D eigenvalue weighted by atomic mass is 15.0. The van der Waals surface area contributed by atoms with Gasteiger partial charge in [0.05, 0.1) is 12.4 Å². The predicted octanol–water partition coefficient (Wildman–Crippen LogP) is 5.24. The molecule has 1 rings (SSSR count). The number of rotatable bonds is 12. The maximum Gasteiger partial charge on any atom is 0.187 e. The fraction of sp³-hybridized carbons (Fsp3) is 0.778. The monoisotopic (exact) mass is 277 g/mol. The molecule has 1 heterocycles. The van der Waals surface area contributed by atoms with Gasteiger partial charge >= 0.3 is 0 Å². The molecule has 0 saturated carbocycles. The molecule has 0 aliphatic carbocycles. The summed E-state index contributed by atoms with van der Waals surface area (Å²) in [4.78, 5) is 4.13. The van der Waals surface area contributed by atoms with E-state index in [1.165, 1.54) is 70.6 Å². The van der Waals surface area contributed by atoms with E-state index in [1.54, 1.807) is 0 Å². The maximum absolute atomic E-state index is 4.13. The van der Waals surface area contributed by atoms with Gasteiger partial charge in [0.25, 0.3) is 0 Å². The van der Waals surface area contributed by atoms with Gasteiger partial charge in [0.2, 0.25) is 0 Å². The van der Waals surface area contributed by atoms with Gasteiger partial charge in [-0.15, -0.1) is 0 Å². The van der Waals surface area contributed by atoms with Crippen LogP contribution in [0.1, 0.15) is 90.5 Å². The Morgan fingerprint density at radius 2 is 1.30 bits per heavy atom. The summed E-state index contributed by atoms with van der Waals surface area (Å²) in [5, 5.41) is 0. The van der Waals surface area contributed by atoms with Crippen LogP contribution in [0.25, 0.3) is 0 Å². The van der Waals surface area contributed by atoms with E-state index in [4.69, 9.17) is 0 Å². The average Bonchev–Trinajstić information content (AvgIpc) is 2.50. The first-order valence-corrected chi connectivity index (χ1v) is 8.69. The van der Waals surface area contributed by atoms with E-state index in [1.807, 2.05) is 12.4 Å². The molecule has 0 bridgehead atoms. The van der Waals surface area contributed by atoms with Crippen molar-refractivity contribution in [3.05, 3.63) is 24.8 Å². The van der Waals surface area contributed by atoms with Crippen molar-refractivity contribution in [2.45, 2.75) is 90.5 Å². The van der Waals surface area contributed by atoms with Crippen LogP contribution in [0.5, 0.6) is 0 Å². The van der Waals surface area contributed by atoms with Crippen LogP contribution < -0.4 is 4.57 Å². The van der Waals surface area contributed by atoms with Gasteiger partial charge in [0, 0.05) is 12.8 Å². The normalized spacial score (nSPS) is 12.5. The SMILES string of the molecule is CCCCCCCCCC(CCCC)[n+]1ccncc1. The van der Waals surface area contributed by atoms with Crippen molar-refractivity contribution in [2.24, 2.45) is 0 Å². The second-order valence-electron chi connectivity index (χ2n) is 5.90. The molecule has 0 fully saturated rings. The topological polar surface area (TPSA) is 16.8 Å². The Bertz CT molecular complexity index is 310. The molecule has 20 heavy (non-hydrogen) atoms. The molecule has 0 N–H and O–H groups in total. The lowest BCUT2D eigenvalue weighted by Gasteiger charge is -2.11. The lowest BCUT2D eigenvalue weighted by atomic mass is 10.0. The fourth-order valence-electron chi connectivity index (χ4n) is 2.79. The van der Waals surface area contributed by atoms with Gasteiger partial charge in [-0.1, -0.05) is 58.8 Å². The quantitative estimate of drug-likeness (QED) is 0.377. The van der Waals surface area contributed by atoms with Gasteiger partial charge in [0.15, 0.2) is 18.4 Å². The lowest BCUT2D eigenvalue weighted by molar-refractivity contribution is -0.725. The lowest BCUT2D eigenvalue weighted by Crippen LogP contribution is -2.38. The molecule has 0 spiro atoms. The van der Waals surface area contributed by atoms with Crippen LogP contribution in [0.3, 0.4) is 0 Å². The molecular formula is C18H33N2+. The van der Waals surface area contributed by atoms with Gasteiger partial charge in [-0.3, -0.25) is 4.98 Å². The van der Waals surface area contributed by atoms with Gasteiger partial charge in [-0.05, 0) is 12.8 Å². The van der Waals surface area contributed by atoms with Crippen molar-refractivity contribution in [2.75, 3.05) is 0 Å². The van der Waals surface area contributed by atoms with Crippen molar-refractivity contribution < 1.29 is 4.57 Å². The van der Waals surface area contributed by atoms with Crippen molar-refractivity contribution in [3.63, 3.8) is 0 Å². The van der Waals surface area contributed by atoms with Crippen LogP contribution in [0.2, 0.25) is 0 Å². The summed E-state index contributed by atoms with van der Waals surface area (Å²) in [5.41, 5.74) is 0. The molecular weight excluding hydrogens is 244 g/mol. The highest BCUT2D eigenvalue weighted by molar-refractivity contribution is 4.66. The first-order valence-electron chi connectivity index (χ1n) is 8.69. The Hall–Kier alpha value is -0.920. The van der Waals surface area contributed by atoms with E-state index >= 15 is 0 Å². The van der Waals surface area contributed by atoms with E-state index in [-0.39, 0.29) is 0 Å². The standard InChI is InChI=1S/C18H33N2/c1-3-5-7-8-9-10-11-13-18(12-6-4-2)20-16-14-19-15-17-20/h14-18H,3-13H2,1-2H3/q+1. The summed E-state index contributed by atoms with van der Waals surface area (Å²) in [7, 11) is 0. The van der Waals surface area contributed by atoms with Crippen molar-refractivity contribution in [3.8, 4) is 0 Å². The molecule has 1 atom stereocenters. The minimum atomic E-state index is 0.675. The Morgan fingerprint density at radius 1 is 0.750 bits per heavy atom. The van der Waals surface area contributed by atoms with Crippen molar-refractivity contribution in [1.29, 1.82) is 0 Å². The molecule has 0 saturated heterocycles. The molecule has 2 nitrogen and oxygen atoms in total. The summed E-state index contributed by atoms with van der Waals surface area (Å²) < 4.78 is 2.36. The maximum atomic E-state index is 4.13. The van der Waals surface area contributed by atoms with Gasteiger partial charge in [-0.25, -0.2) is 0 Å².